The van der Waals surface area contributed by atoms with Gasteiger partial charge in [0.05, 0.1) is 5.02 Å². The SMILES string of the molecule is O=C1CCc2cc(N3CC[C@](O)(C(=O)NCc4cccc(Cl)c4F)C3=O)ccc2N1. The first-order valence-corrected chi connectivity index (χ1v) is 9.86. The molecule has 0 aromatic heterocycles. The number of anilines is 2. The Kier molecular flexibility index (Phi) is 5.21. The van der Waals surface area contributed by atoms with E-state index in [0.717, 1.165) is 5.56 Å². The maximum atomic E-state index is 14.0. The van der Waals surface area contributed by atoms with Crippen LogP contribution in [-0.2, 0) is 27.3 Å². The molecule has 0 unspecified atom stereocenters. The molecule has 4 rings (SSSR count). The Morgan fingerprint density at radius 1 is 1.27 bits per heavy atom. The van der Waals surface area contributed by atoms with Crippen molar-refractivity contribution >= 4 is 40.7 Å². The molecule has 0 bridgehead atoms. The highest BCUT2D eigenvalue weighted by molar-refractivity contribution is 6.30. The number of carbonyl (C=O) groups is 3. The van der Waals surface area contributed by atoms with E-state index in [4.69, 9.17) is 11.6 Å². The Morgan fingerprint density at radius 2 is 2.07 bits per heavy atom. The zero-order valence-electron chi connectivity index (χ0n) is 15.9. The molecule has 156 valence electrons. The second-order valence-electron chi connectivity index (χ2n) is 7.35. The summed E-state index contributed by atoms with van der Waals surface area (Å²) in [4.78, 5) is 38.3. The zero-order valence-corrected chi connectivity index (χ0v) is 16.6. The van der Waals surface area contributed by atoms with Crippen LogP contribution in [0.3, 0.4) is 0 Å². The van der Waals surface area contributed by atoms with Gasteiger partial charge in [0.1, 0.15) is 5.82 Å². The molecule has 0 spiro atoms. The Bertz CT molecular complexity index is 1060. The average molecular weight is 432 g/mol. The molecule has 0 saturated carbocycles. The van der Waals surface area contributed by atoms with Gasteiger partial charge in [-0.2, -0.15) is 0 Å². The summed E-state index contributed by atoms with van der Waals surface area (Å²) in [5.74, 6) is -2.35. The number of amides is 3. The van der Waals surface area contributed by atoms with Gasteiger partial charge in [-0.15, -0.1) is 0 Å². The third kappa shape index (κ3) is 3.53. The predicted molar refractivity (Wildman–Crippen MR) is 109 cm³/mol. The number of halogens is 2. The molecule has 0 aliphatic carbocycles. The maximum Gasteiger partial charge on any atom is 0.268 e. The lowest BCUT2D eigenvalue weighted by molar-refractivity contribution is -0.149. The van der Waals surface area contributed by atoms with Crippen LogP contribution in [0.15, 0.2) is 36.4 Å². The van der Waals surface area contributed by atoms with E-state index >= 15 is 0 Å². The third-order valence-corrected chi connectivity index (χ3v) is 5.73. The molecule has 9 heteroatoms. The molecule has 2 aromatic carbocycles. The van der Waals surface area contributed by atoms with E-state index in [1.807, 2.05) is 0 Å². The van der Waals surface area contributed by atoms with Crippen LogP contribution in [-0.4, -0.2) is 35.0 Å². The first-order valence-electron chi connectivity index (χ1n) is 9.48. The Labute approximate surface area is 176 Å². The summed E-state index contributed by atoms with van der Waals surface area (Å²) in [6.07, 6.45) is 0.813. The van der Waals surface area contributed by atoms with E-state index in [9.17, 15) is 23.9 Å². The summed E-state index contributed by atoms with van der Waals surface area (Å²) in [6, 6.07) is 9.53. The standard InChI is InChI=1S/C21H19ClFN3O4/c22-15-3-1-2-13(18(15)23)11-24-19(28)21(30)8-9-26(20(21)29)14-5-6-16-12(10-14)4-7-17(27)25-16/h1-3,5-6,10,30H,4,7-9,11H2,(H,24,28)(H,25,27)/t21-/m0/s1. The van der Waals surface area contributed by atoms with Gasteiger partial charge in [-0.25, -0.2) is 4.39 Å². The van der Waals surface area contributed by atoms with E-state index in [-0.39, 0.29) is 36.0 Å². The number of fused-ring (bicyclic) bond motifs is 1. The van der Waals surface area contributed by atoms with Crippen LogP contribution < -0.4 is 15.5 Å². The lowest BCUT2D eigenvalue weighted by Gasteiger charge is -2.24. The number of aryl methyl sites for hydroxylation is 1. The van der Waals surface area contributed by atoms with Crippen LogP contribution in [0, 0.1) is 5.82 Å². The number of carbonyl (C=O) groups excluding carboxylic acids is 3. The molecule has 0 radical (unpaired) electrons. The average Bonchev–Trinajstić information content (AvgIpc) is 3.04. The Balaban J connectivity index is 1.48. The maximum absolute atomic E-state index is 14.0. The van der Waals surface area contributed by atoms with Gasteiger partial charge < -0.3 is 20.6 Å². The van der Waals surface area contributed by atoms with Crippen molar-refractivity contribution in [3.63, 3.8) is 0 Å². The molecule has 2 heterocycles. The minimum atomic E-state index is -2.24. The molecular formula is C21H19ClFN3O4. The summed E-state index contributed by atoms with van der Waals surface area (Å²) in [6.45, 7) is -0.0568. The Morgan fingerprint density at radius 3 is 2.87 bits per heavy atom. The van der Waals surface area contributed by atoms with E-state index in [1.165, 1.54) is 17.0 Å². The monoisotopic (exact) mass is 431 g/mol. The number of rotatable bonds is 4. The fourth-order valence-electron chi connectivity index (χ4n) is 3.71. The van der Waals surface area contributed by atoms with Crippen LogP contribution in [0.1, 0.15) is 24.0 Å². The fourth-order valence-corrected chi connectivity index (χ4v) is 3.90. The van der Waals surface area contributed by atoms with Crippen molar-refractivity contribution in [2.45, 2.75) is 31.4 Å². The van der Waals surface area contributed by atoms with Gasteiger partial charge >= 0.3 is 0 Å². The molecule has 2 aliphatic heterocycles. The Hall–Kier alpha value is -2.97. The number of aliphatic hydroxyl groups is 1. The van der Waals surface area contributed by atoms with Gasteiger partial charge in [0, 0.05) is 42.9 Å². The van der Waals surface area contributed by atoms with Crippen molar-refractivity contribution in [2.75, 3.05) is 16.8 Å². The summed E-state index contributed by atoms with van der Waals surface area (Å²) >= 11 is 5.73. The van der Waals surface area contributed by atoms with Crippen molar-refractivity contribution in [2.24, 2.45) is 0 Å². The summed E-state index contributed by atoms with van der Waals surface area (Å²) < 4.78 is 14.0. The molecule has 30 heavy (non-hydrogen) atoms. The highest BCUT2D eigenvalue weighted by Crippen LogP contribution is 2.33. The fraction of sp³-hybridized carbons (Fsp3) is 0.286. The van der Waals surface area contributed by atoms with Crippen LogP contribution in [0.4, 0.5) is 15.8 Å². The molecule has 1 saturated heterocycles. The van der Waals surface area contributed by atoms with Crippen LogP contribution >= 0.6 is 11.6 Å². The highest BCUT2D eigenvalue weighted by atomic mass is 35.5. The number of nitrogens with one attached hydrogen (secondary N) is 2. The van der Waals surface area contributed by atoms with Gasteiger partial charge in [-0.1, -0.05) is 23.7 Å². The molecule has 7 nitrogen and oxygen atoms in total. The van der Waals surface area contributed by atoms with E-state index in [2.05, 4.69) is 10.6 Å². The van der Waals surface area contributed by atoms with Gasteiger partial charge in [-0.3, -0.25) is 14.4 Å². The smallest absolute Gasteiger partial charge is 0.268 e. The zero-order chi connectivity index (χ0) is 21.5. The normalized spacial score (nSPS) is 20.7. The van der Waals surface area contributed by atoms with Crippen LogP contribution in [0.5, 0.6) is 0 Å². The molecule has 3 amide bonds. The molecule has 2 aliphatic rings. The number of nitrogens with zero attached hydrogens (tertiary/aromatic N) is 1. The molecular weight excluding hydrogens is 413 g/mol. The second-order valence-corrected chi connectivity index (χ2v) is 7.76. The van der Waals surface area contributed by atoms with Crippen molar-refractivity contribution in [3.05, 3.63) is 58.4 Å². The minimum absolute atomic E-state index is 0.0605. The number of hydrogen-bond acceptors (Lipinski definition) is 4. The second kappa shape index (κ2) is 7.70. The summed E-state index contributed by atoms with van der Waals surface area (Å²) in [5.41, 5.74) is 0.0338. The number of hydrogen-bond donors (Lipinski definition) is 3. The lowest BCUT2D eigenvalue weighted by atomic mass is 10.0. The number of benzene rings is 2. The summed E-state index contributed by atoms with van der Waals surface area (Å²) in [7, 11) is 0. The van der Waals surface area contributed by atoms with E-state index < -0.39 is 23.2 Å². The van der Waals surface area contributed by atoms with E-state index in [1.54, 1.807) is 24.3 Å². The van der Waals surface area contributed by atoms with Crippen LogP contribution in [0.2, 0.25) is 5.02 Å². The van der Waals surface area contributed by atoms with Gasteiger partial charge in [0.25, 0.3) is 11.8 Å². The first kappa shape index (κ1) is 20.3. The minimum Gasteiger partial charge on any atom is -0.372 e. The van der Waals surface area contributed by atoms with Gasteiger partial charge in [0.15, 0.2) is 0 Å². The van der Waals surface area contributed by atoms with Crippen LogP contribution in [0.25, 0.3) is 0 Å². The third-order valence-electron chi connectivity index (χ3n) is 5.44. The van der Waals surface area contributed by atoms with Gasteiger partial charge in [-0.05, 0) is 36.2 Å². The quantitative estimate of drug-likeness (QED) is 0.646. The molecule has 1 fully saturated rings. The van der Waals surface area contributed by atoms with E-state index in [0.29, 0.717) is 24.2 Å². The molecule has 2 aromatic rings. The molecule has 3 N–H and O–H groups in total. The highest BCUT2D eigenvalue weighted by Gasteiger charge is 2.51. The van der Waals surface area contributed by atoms with Crippen molar-refractivity contribution < 1.29 is 23.9 Å². The topological polar surface area (TPSA) is 98.7 Å². The predicted octanol–water partition coefficient (Wildman–Crippen LogP) is 2.15. The molecule has 1 atom stereocenters. The van der Waals surface area contributed by atoms with Crippen molar-refractivity contribution in [1.29, 1.82) is 0 Å². The lowest BCUT2D eigenvalue weighted by Crippen LogP contribution is -2.52. The first-order chi connectivity index (χ1) is 14.3. The van der Waals surface area contributed by atoms with Gasteiger partial charge in [0.2, 0.25) is 11.5 Å². The summed E-state index contributed by atoms with van der Waals surface area (Å²) in [5, 5.41) is 15.9. The van der Waals surface area contributed by atoms with Crippen molar-refractivity contribution in [1.82, 2.24) is 5.32 Å². The van der Waals surface area contributed by atoms with Crippen molar-refractivity contribution in [3.8, 4) is 0 Å². The largest absolute Gasteiger partial charge is 0.372 e.